The van der Waals surface area contributed by atoms with E-state index < -0.39 is 0 Å². The van der Waals surface area contributed by atoms with E-state index in [4.69, 9.17) is 0 Å². The van der Waals surface area contributed by atoms with Gasteiger partial charge in [0.15, 0.2) is 0 Å². The molecular formula is C93H117N3O3. The van der Waals surface area contributed by atoms with Crippen molar-refractivity contribution in [3.05, 3.63) is 177 Å². The van der Waals surface area contributed by atoms with E-state index in [1.807, 2.05) is 20.8 Å². The minimum Gasteiger partial charge on any atom is -0.273 e. The highest BCUT2D eigenvalue weighted by Crippen LogP contribution is 2.72. The number of amides is 3. The monoisotopic (exact) mass is 1320 g/mol. The molecule has 0 bridgehead atoms. The molecule has 7 aromatic rings. The molecule has 522 valence electrons. The molecule has 0 spiro atoms. The van der Waals surface area contributed by atoms with E-state index in [-0.39, 0.29) is 34.0 Å². The number of benzene rings is 7. The number of unbranched alkanes of at least 4 members (excludes halogenated alkanes) is 18. The van der Waals surface area contributed by atoms with Crippen LogP contribution in [-0.4, -0.2) is 34.9 Å². The van der Waals surface area contributed by atoms with E-state index in [1.54, 1.807) is 33.4 Å². The minimum absolute atomic E-state index is 0.178. The molecule has 3 aliphatic carbocycles. The Morgan fingerprint density at radius 2 is 0.465 bits per heavy atom. The summed E-state index contributed by atoms with van der Waals surface area (Å²) in [5.41, 5.74) is 30.3. The lowest BCUT2D eigenvalue weighted by Gasteiger charge is -2.40. The molecule has 3 aliphatic rings. The van der Waals surface area contributed by atoms with Crippen LogP contribution in [0, 0.1) is 0 Å². The van der Waals surface area contributed by atoms with Gasteiger partial charge < -0.3 is 0 Å². The number of hydrogen-bond donors (Lipinski definition) is 0. The van der Waals surface area contributed by atoms with Crippen molar-refractivity contribution in [3.8, 4) is 66.8 Å². The van der Waals surface area contributed by atoms with Gasteiger partial charge in [-0.05, 0) is 194 Å². The Hall–Kier alpha value is -7.44. The van der Waals surface area contributed by atoms with Gasteiger partial charge in [-0.3, -0.25) is 14.4 Å². The number of fused-ring (bicyclic) bond motifs is 12. The Labute approximate surface area is 597 Å². The molecular weight excluding hydrogens is 1210 g/mol. The van der Waals surface area contributed by atoms with Gasteiger partial charge in [-0.1, -0.05) is 305 Å². The predicted molar refractivity (Wildman–Crippen MR) is 423 cm³/mol. The van der Waals surface area contributed by atoms with Crippen LogP contribution in [0.25, 0.3) is 66.8 Å². The van der Waals surface area contributed by atoms with Crippen LogP contribution in [0.1, 0.15) is 326 Å². The smallest absolute Gasteiger partial charge is 0.242 e. The summed E-state index contributed by atoms with van der Waals surface area (Å²) < 4.78 is 0. The topological polar surface area (TPSA) is 88.3 Å². The first kappa shape index (κ1) is 74.3. The molecule has 0 atom stereocenters. The molecule has 0 N–H and O–H groups in total. The molecule has 6 heteroatoms. The molecule has 0 radical (unpaired) electrons. The van der Waals surface area contributed by atoms with Gasteiger partial charge in [0.2, 0.25) is 17.7 Å². The predicted octanol–water partition coefficient (Wildman–Crippen LogP) is 26.4. The number of hydrogen-bond acceptors (Lipinski definition) is 3. The number of carbonyl (C=O) groups is 3. The highest BCUT2D eigenvalue weighted by molar-refractivity contribution is 6.08. The Balaban J connectivity index is 1.40. The van der Waals surface area contributed by atoms with E-state index in [2.05, 4.69) is 184 Å². The lowest BCUT2D eigenvalue weighted by Crippen LogP contribution is -2.31. The third-order valence-electron chi connectivity index (χ3n) is 23.0. The van der Waals surface area contributed by atoms with Crippen LogP contribution in [0.4, 0.5) is 0 Å². The van der Waals surface area contributed by atoms with E-state index >= 15 is 0 Å². The van der Waals surface area contributed by atoms with Crippen LogP contribution in [-0.2, 0) is 30.6 Å². The normalized spacial score (nSPS) is 14.6. The average Bonchev–Trinajstić information content (AvgIpc) is 1.48. The Morgan fingerprint density at radius 3 is 0.657 bits per heavy atom. The van der Waals surface area contributed by atoms with Gasteiger partial charge in [0.25, 0.3) is 0 Å². The molecule has 0 aromatic heterocycles. The Kier molecular flexibility index (Phi) is 25.7. The summed E-state index contributed by atoms with van der Waals surface area (Å²) in [5.74, 6) is -0.535. The minimum atomic E-state index is -0.279. The molecule has 10 rings (SSSR count). The molecule has 0 heterocycles. The largest absolute Gasteiger partial charge is 0.273 e. The third-order valence-corrected chi connectivity index (χ3v) is 23.0. The average molecular weight is 1320 g/mol. The van der Waals surface area contributed by atoms with Crippen molar-refractivity contribution in [2.24, 2.45) is 15.0 Å². The van der Waals surface area contributed by atoms with Gasteiger partial charge >= 0.3 is 0 Å². The van der Waals surface area contributed by atoms with Gasteiger partial charge in [-0.25, -0.2) is 15.0 Å². The lowest BCUT2D eigenvalue weighted by molar-refractivity contribution is -0.116. The van der Waals surface area contributed by atoms with Crippen LogP contribution < -0.4 is 0 Å². The molecule has 99 heavy (non-hydrogen) atoms. The van der Waals surface area contributed by atoms with Gasteiger partial charge in [-0.15, -0.1) is 0 Å². The first-order valence-corrected chi connectivity index (χ1v) is 39.2. The maximum atomic E-state index is 12.3. The molecule has 3 amide bonds. The van der Waals surface area contributed by atoms with Gasteiger partial charge in [-0.2, -0.15) is 0 Å². The molecule has 0 aliphatic heterocycles. The second-order valence-electron chi connectivity index (χ2n) is 30.0. The van der Waals surface area contributed by atoms with Crippen molar-refractivity contribution < 1.29 is 14.4 Å². The van der Waals surface area contributed by atoms with Crippen molar-refractivity contribution in [1.82, 2.24) is 0 Å². The summed E-state index contributed by atoms with van der Waals surface area (Å²) in [5, 5.41) is 0. The van der Waals surface area contributed by atoms with Crippen LogP contribution in [0.5, 0.6) is 0 Å². The van der Waals surface area contributed by atoms with Crippen LogP contribution >= 0.6 is 0 Å². The third kappa shape index (κ3) is 15.9. The van der Waals surface area contributed by atoms with Gasteiger partial charge in [0.1, 0.15) is 0 Å². The summed E-state index contributed by atoms with van der Waals surface area (Å²) >= 11 is 0. The van der Waals surface area contributed by atoms with Gasteiger partial charge in [0.05, 0.1) is 0 Å². The SMILES string of the molecule is CCCCCCC1(CCCCCC)c2cc(-c3ccc(C(C)=NC(C)=O)cc3)ccc2-c2c1c1c(c3c2C(CCCCCC)(CCCCCC)c2cc(-c4ccc(C(C)=NC(C)=O)cc4)ccc2-3)C(CCCCCC)(CCCCCC)c2cc(-c3ccc(C(C)=NC(C)=O)cc3)ccc2-1. The standard InChI is InChI=1S/C93H117N3O3/c1-13-19-25-31-55-91(56-32-26-20-14-2)82-61-76(73-43-37-70(38-44-73)64(7)94-67(10)97)49-52-79(82)85-88(91)86-80-53-50-77(74-45-39-71(40-46-74)65(8)95-68(11)98)62-83(80)92(57-33-27-21-15-3,58-34-28-22-16-4)90(86)87-81-54-51-78(75-47-41-72(42-48-75)66(9)96-69(12)99)63-84(81)93(89(85)87,59-35-29-23-17-5)60-36-30-24-18-6/h37-54,61-63H,13-36,55-60H2,1-12H3. The van der Waals surface area contributed by atoms with E-state index in [0.29, 0.717) is 0 Å². The summed E-state index contributed by atoms with van der Waals surface area (Å²) in [6, 6.07) is 50.0. The summed E-state index contributed by atoms with van der Waals surface area (Å²) in [6.07, 6.45) is 35.4. The number of carbonyl (C=O) groups excluding carboxylic acids is 3. The maximum Gasteiger partial charge on any atom is 0.242 e. The fourth-order valence-electron chi connectivity index (χ4n) is 18.1. The molecule has 7 aromatic carbocycles. The Bertz CT molecular complexity index is 3590. The highest BCUT2D eigenvalue weighted by atomic mass is 16.2. The fourth-order valence-corrected chi connectivity index (χ4v) is 18.1. The molecule has 0 saturated heterocycles. The van der Waals surface area contributed by atoms with Crippen molar-refractivity contribution >= 4 is 34.9 Å². The first-order chi connectivity index (χ1) is 48.0. The quantitative estimate of drug-likeness (QED) is 0.0290. The maximum absolute atomic E-state index is 12.3. The van der Waals surface area contributed by atoms with Gasteiger partial charge in [0, 0.05) is 54.2 Å². The second kappa shape index (κ2) is 34.3. The number of rotatable bonds is 36. The van der Waals surface area contributed by atoms with E-state index in [9.17, 15) is 14.4 Å². The fraction of sp³-hybridized carbons (Fsp3) is 0.484. The van der Waals surface area contributed by atoms with Crippen molar-refractivity contribution in [1.29, 1.82) is 0 Å². The van der Waals surface area contributed by atoms with Crippen molar-refractivity contribution in [2.75, 3.05) is 0 Å². The number of nitrogens with zero attached hydrogens (tertiary/aromatic N) is 3. The lowest BCUT2D eigenvalue weighted by atomic mass is 9.63. The Morgan fingerprint density at radius 1 is 0.263 bits per heavy atom. The summed E-state index contributed by atoms with van der Waals surface area (Å²) in [7, 11) is 0. The zero-order chi connectivity index (χ0) is 70.3. The molecule has 6 nitrogen and oxygen atoms in total. The summed E-state index contributed by atoms with van der Waals surface area (Å²) in [4.78, 5) is 50.0. The molecule has 0 unspecified atom stereocenters. The highest BCUT2D eigenvalue weighted by Gasteiger charge is 2.58. The van der Waals surface area contributed by atoms with Crippen LogP contribution in [0.3, 0.4) is 0 Å². The first-order valence-electron chi connectivity index (χ1n) is 39.2. The number of aliphatic imine (C=N–C) groups is 3. The van der Waals surface area contributed by atoms with Crippen molar-refractivity contribution in [2.45, 2.75) is 292 Å². The zero-order valence-electron chi connectivity index (χ0n) is 62.9. The molecule has 0 fully saturated rings. The molecule has 0 saturated carbocycles. The zero-order valence-corrected chi connectivity index (χ0v) is 62.9. The van der Waals surface area contributed by atoms with E-state index in [0.717, 1.165) is 72.4 Å². The van der Waals surface area contributed by atoms with Crippen LogP contribution in [0.2, 0.25) is 0 Å². The van der Waals surface area contributed by atoms with Crippen LogP contribution in [0.15, 0.2) is 142 Å². The van der Waals surface area contributed by atoms with E-state index in [1.165, 1.54) is 242 Å². The summed E-state index contributed by atoms with van der Waals surface area (Å²) in [6.45, 7) is 24.7. The second-order valence-corrected chi connectivity index (χ2v) is 30.0. The van der Waals surface area contributed by atoms with Crippen molar-refractivity contribution in [3.63, 3.8) is 0 Å².